The highest BCUT2D eigenvalue weighted by Crippen LogP contribution is 2.28. The molecule has 2 aromatic carbocycles. The maximum atomic E-state index is 12.8. The summed E-state index contributed by atoms with van der Waals surface area (Å²) in [7, 11) is 5.07. The lowest BCUT2D eigenvalue weighted by atomic mass is 10.1. The van der Waals surface area contributed by atoms with Gasteiger partial charge >= 0.3 is 6.09 Å². The number of piperazine rings is 1. The number of hydrogen-bond acceptors (Lipinski definition) is 7. The van der Waals surface area contributed by atoms with Crippen LogP contribution < -0.4 is 14.8 Å². The number of aryl methyl sites for hydroxylation is 1. The van der Waals surface area contributed by atoms with Gasteiger partial charge in [0.05, 0.1) is 38.4 Å². The summed E-state index contributed by atoms with van der Waals surface area (Å²) < 4.78 is 17.7. The molecule has 2 amide bonds. The van der Waals surface area contributed by atoms with Crippen LogP contribution in [0.3, 0.4) is 0 Å². The Morgan fingerprint density at radius 3 is 2.43 bits per heavy atom. The molecule has 0 unspecified atom stereocenters. The Bertz CT molecular complexity index is 1220. The van der Waals surface area contributed by atoms with Crippen molar-refractivity contribution >= 4 is 28.7 Å². The molecular formula is C25H31N5O5. The van der Waals surface area contributed by atoms with Crippen molar-refractivity contribution in [2.24, 2.45) is 7.05 Å². The number of benzene rings is 2. The first-order valence-corrected chi connectivity index (χ1v) is 11.6. The largest absolute Gasteiger partial charge is 0.493 e. The first-order chi connectivity index (χ1) is 16.9. The summed E-state index contributed by atoms with van der Waals surface area (Å²) in [6.45, 7) is 5.66. The molecule has 0 spiro atoms. The standard InChI is InChI=1S/C25H31N5O5/c1-5-35-25(32)30-12-10-29(11-13-30)16-23-27-19-15-18(7-8-20(19)28(23)2)26-24(31)17-6-9-21(33-3)22(14-17)34-4/h6-9,14-15H,5,10-13,16H2,1-4H3,(H,26,31). The van der Waals surface area contributed by atoms with Gasteiger partial charge in [0.25, 0.3) is 5.91 Å². The molecule has 0 bridgehead atoms. The number of ether oxygens (including phenoxy) is 3. The molecule has 1 saturated heterocycles. The molecule has 2 heterocycles. The van der Waals surface area contributed by atoms with Gasteiger partial charge in [-0.2, -0.15) is 0 Å². The zero-order valence-corrected chi connectivity index (χ0v) is 20.5. The SMILES string of the molecule is CCOC(=O)N1CCN(Cc2nc3cc(NC(=O)c4ccc(OC)c(OC)c4)ccc3n2C)CC1. The molecule has 10 heteroatoms. The number of hydrogen-bond donors (Lipinski definition) is 1. The Morgan fingerprint density at radius 1 is 1.00 bits per heavy atom. The number of anilines is 1. The third kappa shape index (κ3) is 5.32. The maximum absolute atomic E-state index is 12.8. The highest BCUT2D eigenvalue weighted by Gasteiger charge is 2.23. The minimum atomic E-state index is -0.252. The Labute approximate surface area is 204 Å². The number of rotatable bonds is 7. The van der Waals surface area contributed by atoms with Gasteiger partial charge in [0.15, 0.2) is 11.5 Å². The van der Waals surface area contributed by atoms with Crippen molar-refractivity contribution < 1.29 is 23.8 Å². The molecule has 1 aromatic heterocycles. The monoisotopic (exact) mass is 481 g/mol. The lowest BCUT2D eigenvalue weighted by Crippen LogP contribution is -2.48. The van der Waals surface area contributed by atoms with Crippen LogP contribution in [0, 0.1) is 0 Å². The molecule has 0 aliphatic carbocycles. The molecule has 0 radical (unpaired) electrons. The number of fused-ring (bicyclic) bond motifs is 1. The Balaban J connectivity index is 1.43. The van der Waals surface area contributed by atoms with Crippen LogP contribution in [-0.4, -0.2) is 78.4 Å². The number of carbonyl (C=O) groups excluding carboxylic acids is 2. The number of methoxy groups -OCH3 is 2. The van der Waals surface area contributed by atoms with Crippen LogP contribution in [0.2, 0.25) is 0 Å². The molecular weight excluding hydrogens is 450 g/mol. The van der Waals surface area contributed by atoms with Crippen LogP contribution in [0.1, 0.15) is 23.1 Å². The molecule has 4 rings (SSSR count). The van der Waals surface area contributed by atoms with Gasteiger partial charge in [-0.05, 0) is 43.3 Å². The topological polar surface area (TPSA) is 98.2 Å². The Kier molecular flexibility index (Phi) is 7.40. The van der Waals surface area contributed by atoms with E-state index >= 15 is 0 Å². The Hall–Kier alpha value is -3.79. The van der Waals surface area contributed by atoms with Crippen LogP contribution in [0.15, 0.2) is 36.4 Å². The van der Waals surface area contributed by atoms with E-state index in [0.29, 0.717) is 49.0 Å². The van der Waals surface area contributed by atoms with Gasteiger partial charge in [-0.1, -0.05) is 0 Å². The summed E-state index contributed by atoms with van der Waals surface area (Å²) in [5, 5.41) is 2.93. The van der Waals surface area contributed by atoms with Gasteiger partial charge in [-0.25, -0.2) is 9.78 Å². The van der Waals surface area contributed by atoms with Crippen molar-refractivity contribution in [2.45, 2.75) is 13.5 Å². The lowest BCUT2D eigenvalue weighted by molar-refractivity contribution is 0.0770. The van der Waals surface area contributed by atoms with Crippen LogP contribution in [0.5, 0.6) is 11.5 Å². The first kappa shape index (κ1) is 24.3. The number of imidazole rings is 1. The third-order valence-corrected chi connectivity index (χ3v) is 6.14. The number of nitrogens with one attached hydrogen (secondary N) is 1. The van der Waals surface area contributed by atoms with Gasteiger partial charge in [0, 0.05) is 44.5 Å². The number of aromatic nitrogens is 2. The van der Waals surface area contributed by atoms with Crippen LogP contribution in [0.25, 0.3) is 11.0 Å². The zero-order chi connectivity index (χ0) is 24.9. The quantitative estimate of drug-likeness (QED) is 0.554. The molecule has 0 atom stereocenters. The van der Waals surface area contributed by atoms with E-state index in [1.165, 1.54) is 7.11 Å². The average Bonchev–Trinajstić information content (AvgIpc) is 3.18. The fourth-order valence-corrected chi connectivity index (χ4v) is 4.15. The van der Waals surface area contributed by atoms with E-state index in [4.69, 9.17) is 19.2 Å². The molecule has 1 fully saturated rings. The van der Waals surface area contributed by atoms with Crippen LogP contribution in [0.4, 0.5) is 10.5 Å². The minimum Gasteiger partial charge on any atom is -0.493 e. The summed E-state index contributed by atoms with van der Waals surface area (Å²) in [6.07, 6.45) is -0.252. The van der Waals surface area contributed by atoms with Gasteiger partial charge in [-0.3, -0.25) is 9.69 Å². The van der Waals surface area contributed by atoms with Gasteiger partial charge in [0.2, 0.25) is 0 Å². The number of nitrogens with zero attached hydrogens (tertiary/aromatic N) is 4. The zero-order valence-electron chi connectivity index (χ0n) is 20.5. The summed E-state index contributed by atoms with van der Waals surface area (Å²) >= 11 is 0. The summed E-state index contributed by atoms with van der Waals surface area (Å²) in [5.41, 5.74) is 2.91. The van der Waals surface area contributed by atoms with Crippen molar-refractivity contribution in [3.8, 4) is 11.5 Å². The maximum Gasteiger partial charge on any atom is 0.409 e. The fourth-order valence-electron chi connectivity index (χ4n) is 4.15. The average molecular weight is 482 g/mol. The lowest BCUT2D eigenvalue weighted by Gasteiger charge is -2.33. The van der Waals surface area contributed by atoms with E-state index in [1.54, 1.807) is 30.2 Å². The predicted octanol–water partition coefficient (Wildman–Crippen LogP) is 3.12. The van der Waals surface area contributed by atoms with Crippen molar-refractivity contribution in [2.75, 3.05) is 52.3 Å². The van der Waals surface area contributed by atoms with E-state index in [2.05, 4.69) is 14.8 Å². The van der Waals surface area contributed by atoms with Gasteiger partial charge in [-0.15, -0.1) is 0 Å². The molecule has 3 aromatic rings. The number of carbonyl (C=O) groups is 2. The smallest absolute Gasteiger partial charge is 0.409 e. The van der Waals surface area contributed by atoms with E-state index < -0.39 is 0 Å². The second-order valence-electron chi connectivity index (χ2n) is 8.28. The second-order valence-corrected chi connectivity index (χ2v) is 8.28. The highest BCUT2D eigenvalue weighted by atomic mass is 16.6. The molecule has 10 nitrogen and oxygen atoms in total. The van der Waals surface area contributed by atoms with Crippen LogP contribution >= 0.6 is 0 Å². The van der Waals surface area contributed by atoms with Crippen molar-refractivity contribution in [1.82, 2.24) is 19.4 Å². The van der Waals surface area contributed by atoms with E-state index in [-0.39, 0.29) is 12.0 Å². The summed E-state index contributed by atoms with van der Waals surface area (Å²) in [6, 6.07) is 10.7. The van der Waals surface area contributed by atoms with Crippen molar-refractivity contribution in [3.63, 3.8) is 0 Å². The third-order valence-electron chi connectivity index (χ3n) is 6.14. The number of amides is 2. The van der Waals surface area contributed by atoms with Crippen LogP contribution in [-0.2, 0) is 18.3 Å². The van der Waals surface area contributed by atoms with Crippen molar-refractivity contribution in [3.05, 3.63) is 47.8 Å². The molecule has 0 saturated carbocycles. The minimum absolute atomic E-state index is 0.249. The molecule has 1 aliphatic rings. The first-order valence-electron chi connectivity index (χ1n) is 11.6. The van der Waals surface area contributed by atoms with E-state index in [0.717, 1.165) is 29.9 Å². The predicted molar refractivity (Wildman–Crippen MR) is 132 cm³/mol. The Morgan fingerprint density at radius 2 is 1.74 bits per heavy atom. The molecule has 1 N–H and O–H groups in total. The molecule has 35 heavy (non-hydrogen) atoms. The molecule has 186 valence electrons. The van der Waals surface area contributed by atoms with Crippen molar-refractivity contribution in [1.29, 1.82) is 0 Å². The highest BCUT2D eigenvalue weighted by molar-refractivity contribution is 6.05. The normalized spacial score (nSPS) is 14.1. The van der Waals surface area contributed by atoms with E-state index in [1.807, 2.05) is 32.2 Å². The molecule has 1 aliphatic heterocycles. The van der Waals surface area contributed by atoms with Gasteiger partial charge in [0.1, 0.15) is 5.82 Å². The summed E-state index contributed by atoms with van der Waals surface area (Å²) in [5.74, 6) is 1.73. The van der Waals surface area contributed by atoms with E-state index in [9.17, 15) is 9.59 Å². The summed E-state index contributed by atoms with van der Waals surface area (Å²) in [4.78, 5) is 33.5. The van der Waals surface area contributed by atoms with Gasteiger partial charge < -0.3 is 29.0 Å². The fraction of sp³-hybridized carbons (Fsp3) is 0.400. The second kappa shape index (κ2) is 10.6.